The molecule has 0 bridgehead atoms. The number of amides is 2. The van der Waals surface area contributed by atoms with Crippen molar-refractivity contribution >= 4 is 11.8 Å². The number of nitrogens with two attached hydrogens (primary N) is 3. The minimum Gasteiger partial charge on any atom is -0.368 e. The predicted molar refractivity (Wildman–Crippen MR) is 34.1 cm³/mol. The quantitative estimate of drug-likeness (QED) is 0.225. The molecule has 10 heavy (non-hydrogen) atoms. The number of carbonyl (C=O) groups is 2. The molecule has 0 aliphatic carbocycles. The van der Waals surface area contributed by atoms with Crippen LogP contribution >= 0.6 is 0 Å². The minimum atomic E-state index is -0.663. The van der Waals surface area contributed by atoms with Gasteiger partial charge >= 0.3 is 0 Å². The van der Waals surface area contributed by atoms with Gasteiger partial charge in [0.1, 0.15) is 6.54 Å². The highest BCUT2D eigenvalue weighted by molar-refractivity contribution is 5.84. The molecule has 0 saturated carbocycles. The molecule has 0 aromatic rings. The third-order valence-corrected chi connectivity index (χ3v) is 0.821. The Morgan fingerprint density at radius 3 is 2.20 bits per heavy atom. The lowest BCUT2D eigenvalue weighted by atomic mass is 10.5. The van der Waals surface area contributed by atoms with Gasteiger partial charge in [-0.05, 0) is 0 Å². The number of primary amides is 1. The van der Waals surface area contributed by atoms with Gasteiger partial charge in [-0.2, -0.15) is 0 Å². The van der Waals surface area contributed by atoms with Gasteiger partial charge in [-0.1, -0.05) is 0 Å². The molecule has 0 unspecified atom stereocenters. The van der Waals surface area contributed by atoms with Gasteiger partial charge in [-0.3, -0.25) is 14.6 Å². The summed E-state index contributed by atoms with van der Waals surface area (Å²) in [5, 5.41) is 0.683. The normalized spacial score (nSPS) is 9.00. The molecule has 0 aliphatic heterocycles. The van der Waals surface area contributed by atoms with E-state index in [1.165, 1.54) is 0 Å². The van der Waals surface area contributed by atoms with Crippen molar-refractivity contribution in [1.82, 2.24) is 5.01 Å². The van der Waals surface area contributed by atoms with Crippen molar-refractivity contribution in [2.45, 2.75) is 0 Å². The topological polar surface area (TPSA) is 115 Å². The summed E-state index contributed by atoms with van der Waals surface area (Å²) < 4.78 is 0. The summed E-state index contributed by atoms with van der Waals surface area (Å²) in [5.41, 5.74) is 9.66. The van der Waals surface area contributed by atoms with Crippen LogP contribution < -0.4 is 17.3 Å². The van der Waals surface area contributed by atoms with Crippen LogP contribution in [0.5, 0.6) is 0 Å². The molecule has 0 aromatic heterocycles. The first-order chi connectivity index (χ1) is 4.57. The highest BCUT2D eigenvalue weighted by atomic mass is 16.2. The Kier molecular flexibility index (Phi) is 3.37. The maximum atomic E-state index is 10.5. The number of hydrazine groups is 1. The largest absolute Gasteiger partial charge is 0.368 e. The van der Waals surface area contributed by atoms with E-state index in [-0.39, 0.29) is 13.1 Å². The van der Waals surface area contributed by atoms with Crippen molar-refractivity contribution in [3.8, 4) is 0 Å². The van der Waals surface area contributed by atoms with Crippen LogP contribution in [0, 0.1) is 0 Å². The summed E-state index contributed by atoms with van der Waals surface area (Å²) in [4.78, 5) is 20.7. The lowest BCUT2D eigenvalue weighted by molar-refractivity contribution is -0.134. The smallest absolute Gasteiger partial charge is 0.250 e. The van der Waals surface area contributed by atoms with Crippen LogP contribution in [0.4, 0.5) is 0 Å². The average Bonchev–Trinajstić information content (AvgIpc) is 1.85. The van der Waals surface area contributed by atoms with Crippen LogP contribution in [0.2, 0.25) is 0 Å². The molecule has 0 aromatic carbocycles. The van der Waals surface area contributed by atoms with E-state index in [1.807, 2.05) is 0 Å². The first kappa shape index (κ1) is 8.86. The fourth-order valence-corrected chi connectivity index (χ4v) is 0.373. The fraction of sp³-hybridized carbons (Fsp3) is 0.500. The van der Waals surface area contributed by atoms with E-state index in [4.69, 9.17) is 17.3 Å². The monoisotopic (exact) mass is 146 g/mol. The molecular formula is C4H10N4O2. The molecular weight excluding hydrogens is 136 g/mol. The summed E-state index contributed by atoms with van der Waals surface area (Å²) in [6, 6.07) is 0. The molecule has 0 radical (unpaired) electrons. The van der Waals surface area contributed by atoms with Crippen molar-refractivity contribution in [3.63, 3.8) is 0 Å². The van der Waals surface area contributed by atoms with Gasteiger partial charge in [0.2, 0.25) is 5.91 Å². The highest BCUT2D eigenvalue weighted by Gasteiger charge is 2.08. The van der Waals surface area contributed by atoms with Crippen LogP contribution in [-0.2, 0) is 9.59 Å². The second-order valence-electron chi connectivity index (χ2n) is 1.69. The van der Waals surface area contributed by atoms with Crippen molar-refractivity contribution in [2.75, 3.05) is 13.1 Å². The molecule has 0 saturated heterocycles. The molecule has 58 valence electrons. The molecule has 0 rings (SSSR count). The summed E-state index contributed by atoms with van der Waals surface area (Å²) in [6.45, 7) is -0.514. The molecule has 6 nitrogen and oxygen atoms in total. The van der Waals surface area contributed by atoms with E-state index in [1.54, 1.807) is 0 Å². The number of hydrogen-bond acceptors (Lipinski definition) is 4. The molecule has 6 heteroatoms. The van der Waals surface area contributed by atoms with Gasteiger partial charge in [-0.15, -0.1) is 0 Å². The van der Waals surface area contributed by atoms with Crippen molar-refractivity contribution in [3.05, 3.63) is 0 Å². The third-order valence-electron chi connectivity index (χ3n) is 0.821. The maximum absolute atomic E-state index is 10.5. The number of carbonyl (C=O) groups excluding carboxylic acids is 2. The Hall–Kier alpha value is -1.14. The van der Waals surface area contributed by atoms with E-state index in [0.717, 1.165) is 0 Å². The zero-order valence-corrected chi connectivity index (χ0v) is 5.41. The molecule has 0 atom stereocenters. The van der Waals surface area contributed by atoms with E-state index >= 15 is 0 Å². The fourth-order valence-electron chi connectivity index (χ4n) is 0.373. The Bertz CT molecular complexity index is 146. The van der Waals surface area contributed by atoms with Crippen molar-refractivity contribution in [1.29, 1.82) is 0 Å². The number of rotatable bonds is 3. The standard InChI is InChI=1S/C4H10N4O2/c5-1-4(10)8(7)2-3(6)9/h1-2,5,7H2,(H2,6,9). The van der Waals surface area contributed by atoms with Crippen LogP contribution in [0.1, 0.15) is 0 Å². The van der Waals surface area contributed by atoms with E-state index < -0.39 is 11.8 Å². The third kappa shape index (κ3) is 3.00. The second-order valence-corrected chi connectivity index (χ2v) is 1.69. The van der Waals surface area contributed by atoms with Crippen molar-refractivity contribution in [2.24, 2.45) is 17.3 Å². The van der Waals surface area contributed by atoms with Crippen LogP contribution in [-0.4, -0.2) is 29.9 Å². The van der Waals surface area contributed by atoms with Gasteiger partial charge in [0.05, 0.1) is 6.54 Å². The molecule has 0 fully saturated rings. The number of hydrogen-bond donors (Lipinski definition) is 3. The van der Waals surface area contributed by atoms with Gasteiger partial charge in [-0.25, -0.2) is 5.84 Å². The first-order valence-corrected chi connectivity index (χ1v) is 2.61. The Morgan fingerprint density at radius 1 is 1.40 bits per heavy atom. The Labute approximate surface area is 57.9 Å². The highest BCUT2D eigenvalue weighted by Crippen LogP contribution is 1.75. The second kappa shape index (κ2) is 3.80. The molecule has 2 amide bonds. The number of nitrogens with zero attached hydrogens (tertiary/aromatic N) is 1. The summed E-state index contributed by atoms with van der Waals surface area (Å²) >= 11 is 0. The SMILES string of the molecule is NCC(=O)N(N)CC(N)=O. The summed E-state index contributed by atoms with van der Waals surface area (Å²) in [7, 11) is 0. The van der Waals surface area contributed by atoms with Gasteiger partial charge in [0.15, 0.2) is 0 Å². The molecule has 6 N–H and O–H groups in total. The lowest BCUT2D eigenvalue weighted by Crippen LogP contribution is -2.46. The van der Waals surface area contributed by atoms with Gasteiger partial charge in [0, 0.05) is 0 Å². The summed E-state index contributed by atoms with van der Waals surface area (Å²) in [5.74, 6) is 3.85. The average molecular weight is 146 g/mol. The Balaban J connectivity index is 3.72. The van der Waals surface area contributed by atoms with Crippen LogP contribution in [0.25, 0.3) is 0 Å². The van der Waals surface area contributed by atoms with Gasteiger partial charge < -0.3 is 11.5 Å². The van der Waals surface area contributed by atoms with Crippen LogP contribution in [0.15, 0.2) is 0 Å². The predicted octanol–water partition coefficient (Wildman–Crippen LogP) is -2.87. The maximum Gasteiger partial charge on any atom is 0.250 e. The van der Waals surface area contributed by atoms with Crippen LogP contribution in [0.3, 0.4) is 0 Å². The molecule has 0 heterocycles. The summed E-state index contributed by atoms with van der Waals surface area (Å²) in [6.07, 6.45) is 0. The van der Waals surface area contributed by atoms with E-state index in [2.05, 4.69) is 0 Å². The Morgan fingerprint density at radius 2 is 1.90 bits per heavy atom. The van der Waals surface area contributed by atoms with E-state index in [9.17, 15) is 9.59 Å². The lowest BCUT2D eigenvalue weighted by Gasteiger charge is -2.11. The van der Waals surface area contributed by atoms with Crippen molar-refractivity contribution < 1.29 is 9.59 Å². The molecule has 0 spiro atoms. The first-order valence-electron chi connectivity index (χ1n) is 2.61. The zero-order valence-electron chi connectivity index (χ0n) is 5.41. The van der Waals surface area contributed by atoms with Gasteiger partial charge in [0.25, 0.3) is 5.91 Å². The molecule has 0 aliphatic rings. The minimum absolute atomic E-state index is 0.218. The van der Waals surface area contributed by atoms with E-state index in [0.29, 0.717) is 5.01 Å². The zero-order chi connectivity index (χ0) is 8.15.